The number of thiocarbonyl (C=S) groups is 1. The number of fused-ring (bicyclic) bond motifs is 1. The fraction of sp³-hybridized carbons (Fsp3) is 0.500. The summed E-state index contributed by atoms with van der Waals surface area (Å²) in [6.45, 7) is 7.03. The molecule has 8 nitrogen and oxygen atoms in total. The Labute approximate surface area is 164 Å². The summed E-state index contributed by atoms with van der Waals surface area (Å²) in [6.07, 6.45) is 0. The minimum atomic E-state index is -0.0811. The van der Waals surface area contributed by atoms with Crippen molar-refractivity contribution in [2.75, 3.05) is 40.5 Å². The van der Waals surface area contributed by atoms with E-state index in [4.69, 9.17) is 27.4 Å². The summed E-state index contributed by atoms with van der Waals surface area (Å²) >= 11 is 4.78. The second kappa shape index (κ2) is 9.75. The Morgan fingerprint density at radius 3 is 2.41 bits per heavy atom. The summed E-state index contributed by atoms with van der Waals surface area (Å²) in [6, 6.07) is 4.00. The van der Waals surface area contributed by atoms with Gasteiger partial charge in [-0.05, 0) is 43.3 Å². The van der Waals surface area contributed by atoms with Gasteiger partial charge in [0.25, 0.3) is 0 Å². The van der Waals surface area contributed by atoms with Crippen LogP contribution in [0.1, 0.15) is 11.1 Å². The van der Waals surface area contributed by atoms with Gasteiger partial charge in [0.05, 0.1) is 25.4 Å². The van der Waals surface area contributed by atoms with Crippen molar-refractivity contribution in [2.45, 2.75) is 20.5 Å². The highest BCUT2D eigenvalue weighted by Gasteiger charge is 2.21. The van der Waals surface area contributed by atoms with Crippen LogP contribution in [0, 0.1) is 13.8 Å². The Bertz CT molecular complexity index is 826. The number of aryl methyl sites for hydroxylation is 2. The van der Waals surface area contributed by atoms with E-state index >= 15 is 0 Å². The largest absolute Gasteiger partial charge is 0.493 e. The third kappa shape index (κ3) is 5.01. The summed E-state index contributed by atoms with van der Waals surface area (Å²) in [7, 11) is 3.33. The molecule has 27 heavy (non-hydrogen) atoms. The number of nitrogens with zero attached hydrogens (tertiary/aromatic N) is 4. The number of nitrogens with two attached hydrogens (primary N) is 1. The molecule has 1 aromatic carbocycles. The van der Waals surface area contributed by atoms with Crippen LogP contribution < -0.4 is 5.73 Å². The van der Waals surface area contributed by atoms with Crippen LogP contribution in [0.5, 0.6) is 5.88 Å². The van der Waals surface area contributed by atoms with E-state index in [0.717, 1.165) is 22.0 Å². The number of methoxy groups -OCH3 is 2. The Hall–Kier alpha value is -2.07. The molecule has 0 amide bonds. The van der Waals surface area contributed by atoms with Crippen LogP contribution in [0.2, 0.25) is 0 Å². The normalized spacial score (nSPS) is 11.9. The van der Waals surface area contributed by atoms with Crippen molar-refractivity contribution in [1.29, 1.82) is 0 Å². The van der Waals surface area contributed by atoms with E-state index in [1.807, 2.05) is 26.0 Å². The molecule has 0 aliphatic heterocycles. The smallest absolute Gasteiger partial charge is 0.221 e. The van der Waals surface area contributed by atoms with Crippen LogP contribution in [0.25, 0.3) is 10.9 Å². The molecule has 0 fully saturated rings. The summed E-state index contributed by atoms with van der Waals surface area (Å²) < 4.78 is 12.2. The first-order valence-electron chi connectivity index (χ1n) is 8.63. The summed E-state index contributed by atoms with van der Waals surface area (Å²) in [5.41, 5.74) is 8.81. The molecule has 9 heteroatoms. The highest BCUT2D eigenvalue weighted by molar-refractivity contribution is 7.80. The molecule has 0 saturated carbocycles. The van der Waals surface area contributed by atoms with E-state index in [1.165, 1.54) is 0 Å². The van der Waals surface area contributed by atoms with Crippen LogP contribution in [0.3, 0.4) is 0 Å². The van der Waals surface area contributed by atoms with E-state index in [2.05, 4.69) is 15.1 Å². The average molecular weight is 394 g/mol. The van der Waals surface area contributed by atoms with Crippen molar-refractivity contribution >= 4 is 33.9 Å². The van der Waals surface area contributed by atoms with Gasteiger partial charge in [0, 0.05) is 32.7 Å². The fourth-order valence-electron chi connectivity index (χ4n) is 2.91. The van der Waals surface area contributed by atoms with Gasteiger partial charge in [-0.1, -0.05) is 6.07 Å². The molecule has 0 radical (unpaired) electrons. The number of azo groups is 1. The van der Waals surface area contributed by atoms with E-state index < -0.39 is 0 Å². The molecule has 1 aromatic heterocycles. The number of ether oxygens (including phenoxy) is 2. The lowest BCUT2D eigenvalue weighted by atomic mass is 10.1. The minimum Gasteiger partial charge on any atom is -0.493 e. The zero-order chi connectivity index (χ0) is 20.0. The number of hydrogen-bond donors (Lipinski definition) is 2. The summed E-state index contributed by atoms with van der Waals surface area (Å²) in [5.74, 6) is 0.0264. The van der Waals surface area contributed by atoms with Crippen LogP contribution >= 0.6 is 12.2 Å². The predicted octanol–water partition coefficient (Wildman–Crippen LogP) is 2.84. The van der Waals surface area contributed by atoms with Crippen LogP contribution in [-0.4, -0.2) is 60.2 Å². The fourth-order valence-corrected chi connectivity index (χ4v) is 2.95. The van der Waals surface area contributed by atoms with Gasteiger partial charge in [-0.15, -0.1) is 10.2 Å². The Kier molecular flexibility index (Phi) is 7.66. The number of rotatable bonds is 9. The lowest BCUT2D eigenvalue weighted by Gasteiger charge is -2.23. The molecule has 0 unspecified atom stereocenters. The predicted molar refractivity (Wildman–Crippen MR) is 110 cm³/mol. The highest BCUT2D eigenvalue weighted by Crippen LogP contribution is 2.41. The van der Waals surface area contributed by atoms with Gasteiger partial charge in [-0.25, -0.2) is 0 Å². The topological polar surface area (TPSA) is 97.6 Å². The van der Waals surface area contributed by atoms with Crippen LogP contribution in [-0.2, 0) is 16.1 Å². The van der Waals surface area contributed by atoms with Crippen molar-refractivity contribution in [3.8, 4) is 5.88 Å². The molecule has 0 spiro atoms. The minimum absolute atomic E-state index is 0.0264. The molecule has 148 valence electrons. The lowest BCUT2D eigenvalue weighted by molar-refractivity contribution is 0.0951. The molecular weight excluding hydrogens is 366 g/mol. The zero-order valence-electron chi connectivity index (χ0n) is 16.2. The average Bonchev–Trinajstić information content (AvgIpc) is 2.90. The number of hydrogen-bond acceptors (Lipinski definition) is 6. The molecule has 0 atom stereocenters. The first-order valence-corrected chi connectivity index (χ1v) is 9.04. The van der Waals surface area contributed by atoms with Crippen LogP contribution in [0.4, 0.5) is 5.69 Å². The Morgan fingerprint density at radius 1 is 1.22 bits per heavy atom. The first kappa shape index (κ1) is 21.2. The maximum Gasteiger partial charge on any atom is 0.221 e. The van der Waals surface area contributed by atoms with Gasteiger partial charge >= 0.3 is 0 Å². The number of benzene rings is 1. The van der Waals surface area contributed by atoms with Crippen LogP contribution in [0.15, 0.2) is 22.4 Å². The molecule has 2 rings (SSSR count). The number of aromatic hydroxyl groups is 1. The molecule has 3 N–H and O–H groups in total. The van der Waals surface area contributed by atoms with Crippen molar-refractivity contribution in [1.82, 2.24) is 9.47 Å². The van der Waals surface area contributed by atoms with E-state index in [1.54, 1.807) is 18.8 Å². The standard InChI is InChI=1S/C18H27N5O3S/c1-12-5-6-14-15(13(12)2)16(20-21-18(19)27)17(24)23(14)11-22(7-9-25-3)8-10-26-4/h5-6,24H,7-11H2,1-4H3,(H2,19,27). The molecular formula is C18H27N5O3S. The van der Waals surface area contributed by atoms with Gasteiger partial charge in [0.2, 0.25) is 11.0 Å². The van der Waals surface area contributed by atoms with Gasteiger partial charge in [-0.2, -0.15) is 0 Å². The van der Waals surface area contributed by atoms with E-state index in [0.29, 0.717) is 38.7 Å². The quantitative estimate of drug-likeness (QED) is 0.502. The van der Waals surface area contributed by atoms with E-state index in [9.17, 15) is 5.11 Å². The maximum atomic E-state index is 10.9. The Morgan fingerprint density at radius 2 is 1.85 bits per heavy atom. The van der Waals surface area contributed by atoms with Gasteiger partial charge in [0.15, 0.2) is 5.69 Å². The second-order valence-corrected chi connectivity index (χ2v) is 6.70. The Balaban J connectivity index is 2.53. The van der Waals surface area contributed by atoms with Crippen molar-refractivity contribution < 1.29 is 14.6 Å². The maximum absolute atomic E-state index is 10.9. The third-order valence-corrected chi connectivity index (χ3v) is 4.60. The summed E-state index contributed by atoms with van der Waals surface area (Å²) in [5, 5.41) is 19.5. The molecule has 2 aromatic rings. The molecule has 1 heterocycles. The van der Waals surface area contributed by atoms with Gasteiger partial charge in [-0.3, -0.25) is 9.47 Å². The monoisotopic (exact) mass is 393 g/mol. The number of aromatic nitrogens is 1. The SMILES string of the molecule is COCCN(CCOC)Cn1c(O)c(N=NC(N)=S)c2c(C)c(C)ccc21. The molecule has 0 aliphatic carbocycles. The summed E-state index contributed by atoms with van der Waals surface area (Å²) in [4.78, 5) is 2.13. The molecule has 0 saturated heterocycles. The van der Waals surface area contributed by atoms with Crippen molar-refractivity contribution in [2.24, 2.45) is 16.0 Å². The van der Waals surface area contributed by atoms with Gasteiger partial charge < -0.3 is 20.3 Å². The van der Waals surface area contributed by atoms with Crippen molar-refractivity contribution in [3.63, 3.8) is 0 Å². The second-order valence-electron chi connectivity index (χ2n) is 6.29. The van der Waals surface area contributed by atoms with Gasteiger partial charge in [0.1, 0.15) is 0 Å². The van der Waals surface area contributed by atoms with E-state index in [-0.39, 0.29) is 11.0 Å². The molecule has 0 aliphatic rings. The highest BCUT2D eigenvalue weighted by atomic mass is 32.1. The third-order valence-electron chi connectivity index (χ3n) is 4.52. The molecule has 0 bridgehead atoms. The first-order chi connectivity index (χ1) is 12.9. The lowest BCUT2D eigenvalue weighted by Crippen LogP contribution is -2.32. The zero-order valence-corrected chi connectivity index (χ0v) is 17.0. The van der Waals surface area contributed by atoms with Crippen molar-refractivity contribution in [3.05, 3.63) is 23.3 Å².